The summed E-state index contributed by atoms with van der Waals surface area (Å²) in [5.74, 6) is 0. The van der Waals surface area contributed by atoms with Crippen molar-refractivity contribution in [3.63, 3.8) is 0 Å². The lowest BCUT2D eigenvalue weighted by atomic mass is 9.87. The minimum atomic E-state index is 1.13. The quantitative estimate of drug-likeness (QED) is 0.214. The molecule has 7 rings (SSSR count). The average molecular weight is 498 g/mol. The van der Waals surface area contributed by atoms with Gasteiger partial charge in [-0.05, 0) is 74.6 Å². The summed E-state index contributed by atoms with van der Waals surface area (Å²) in [7, 11) is 0. The minimum absolute atomic E-state index is 1.13. The molecule has 0 saturated carbocycles. The molecule has 0 saturated heterocycles. The van der Waals surface area contributed by atoms with Crippen molar-refractivity contribution in [2.75, 3.05) is 4.90 Å². The number of rotatable bonds is 5. The third-order valence-corrected chi connectivity index (χ3v) is 7.43. The molecule has 0 atom stereocenters. The topological polar surface area (TPSA) is 3.24 Å². The van der Waals surface area contributed by atoms with E-state index in [-0.39, 0.29) is 0 Å². The van der Waals surface area contributed by atoms with Gasteiger partial charge in [-0.3, -0.25) is 0 Å². The van der Waals surface area contributed by atoms with Crippen LogP contribution in [0, 0.1) is 0 Å². The molecule has 0 aliphatic rings. The molecule has 0 N–H and O–H groups in total. The number of fused-ring (bicyclic) bond motifs is 3. The van der Waals surface area contributed by atoms with E-state index in [1.807, 2.05) is 0 Å². The molecule has 0 fully saturated rings. The van der Waals surface area contributed by atoms with Gasteiger partial charge in [0.15, 0.2) is 0 Å². The zero-order valence-corrected chi connectivity index (χ0v) is 21.5. The third-order valence-electron chi connectivity index (χ3n) is 7.43. The Hall–Kier alpha value is -5.14. The van der Waals surface area contributed by atoms with Crippen molar-refractivity contribution in [1.82, 2.24) is 0 Å². The zero-order chi connectivity index (χ0) is 26.0. The first kappa shape index (κ1) is 23.0. The van der Waals surface area contributed by atoms with Gasteiger partial charge >= 0.3 is 0 Å². The van der Waals surface area contributed by atoms with Crippen LogP contribution in [-0.4, -0.2) is 0 Å². The van der Waals surface area contributed by atoms with E-state index in [0.717, 1.165) is 17.1 Å². The van der Waals surface area contributed by atoms with Crippen LogP contribution in [0.2, 0.25) is 0 Å². The molecule has 1 nitrogen and oxygen atoms in total. The molecule has 0 heterocycles. The summed E-state index contributed by atoms with van der Waals surface area (Å²) in [6, 6.07) is 58.6. The van der Waals surface area contributed by atoms with Crippen molar-refractivity contribution in [2.24, 2.45) is 0 Å². The minimum Gasteiger partial charge on any atom is -0.310 e. The maximum absolute atomic E-state index is 2.37. The van der Waals surface area contributed by atoms with Crippen LogP contribution < -0.4 is 4.90 Å². The van der Waals surface area contributed by atoms with Gasteiger partial charge in [0.25, 0.3) is 0 Å². The number of hydrogen-bond acceptors (Lipinski definition) is 1. The number of para-hydroxylation sites is 2. The second-order valence-corrected chi connectivity index (χ2v) is 9.76. The van der Waals surface area contributed by atoms with Gasteiger partial charge < -0.3 is 4.90 Å². The zero-order valence-electron chi connectivity index (χ0n) is 21.5. The Morgan fingerprint density at radius 1 is 0.359 bits per heavy atom. The van der Waals surface area contributed by atoms with E-state index in [4.69, 9.17) is 0 Å². The van der Waals surface area contributed by atoms with Crippen LogP contribution in [0.15, 0.2) is 164 Å². The highest BCUT2D eigenvalue weighted by atomic mass is 15.1. The fraction of sp³-hybridized carbons (Fsp3) is 0. The van der Waals surface area contributed by atoms with Crippen LogP contribution in [0.1, 0.15) is 0 Å². The highest BCUT2D eigenvalue weighted by Gasteiger charge is 2.21. The molecule has 39 heavy (non-hydrogen) atoms. The SMILES string of the molecule is c1ccc(-c2c(-c3cc4ccccc4c4ccccc34)cccc2N(c2ccccc2)c2ccccc2)cc1. The van der Waals surface area contributed by atoms with Crippen molar-refractivity contribution in [3.05, 3.63) is 164 Å². The Bertz CT molecular complexity index is 1850. The van der Waals surface area contributed by atoms with Gasteiger partial charge in [-0.15, -0.1) is 0 Å². The fourth-order valence-corrected chi connectivity index (χ4v) is 5.72. The van der Waals surface area contributed by atoms with E-state index in [0.29, 0.717) is 0 Å². The van der Waals surface area contributed by atoms with Crippen molar-refractivity contribution >= 4 is 38.6 Å². The summed E-state index contributed by atoms with van der Waals surface area (Å²) in [6.45, 7) is 0. The Kier molecular flexibility index (Phi) is 5.88. The largest absolute Gasteiger partial charge is 0.310 e. The molecule has 7 aromatic rings. The first-order valence-electron chi connectivity index (χ1n) is 13.4. The number of anilines is 3. The second kappa shape index (κ2) is 9.96. The van der Waals surface area contributed by atoms with E-state index >= 15 is 0 Å². The van der Waals surface area contributed by atoms with Crippen LogP contribution in [0.4, 0.5) is 17.1 Å². The van der Waals surface area contributed by atoms with Crippen molar-refractivity contribution in [3.8, 4) is 22.3 Å². The molecule has 1 heteroatoms. The van der Waals surface area contributed by atoms with E-state index < -0.39 is 0 Å². The molecule has 0 aliphatic carbocycles. The summed E-state index contributed by atoms with van der Waals surface area (Å²) < 4.78 is 0. The lowest BCUT2D eigenvalue weighted by molar-refractivity contribution is 1.28. The number of nitrogens with zero attached hydrogens (tertiary/aromatic N) is 1. The van der Waals surface area contributed by atoms with Crippen molar-refractivity contribution in [1.29, 1.82) is 0 Å². The number of hydrogen-bond donors (Lipinski definition) is 0. The second-order valence-electron chi connectivity index (χ2n) is 9.76. The molecule has 0 spiro atoms. The molecular weight excluding hydrogens is 470 g/mol. The van der Waals surface area contributed by atoms with E-state index in [9.17, 15) is 0 Å². The predicted molar refractivity (Wildman–Crippen MR) is 167 cm³/mol. The van der Waals surface area contributed by atoms with Crippen LogP contribution in [-0.2, 0) is 0 Å². The third kappa shape index (κ3) is 4.15. The molecular formula is C38H27N. The van der Waals surface area contributed by atoms with Gasteiger partial charge in [0.1, 0.15) is 0 Å². The van der Waals surface area contributed by atoms with Crippen molar-refractivity contribution < 1.29 is 0 Å². The van der Waals surface area contributed by atoms with Gasteiger partial charge in [0.2, 0.25) is 0 Å². The fourth-order valence-electron chi connectivity index (χ4n) is 5.72. The van der Waals surface area contributed by atoms with Gasteiger partial charge in [0.05, 0.1) is 5.69 Å². The van der Waals surface area contributed by atoms with E-state index in [1.54, 1.807) is 0 Å². The van der Waals surface area contributed by atoms with Crippen LogP contribution in [0.3, 0.4) is 0 Å². The van der Waals surface area contributed by atoms with Gasteiger partial charge in [-0.25, -0.2) is 0 Å². The Morgan fingerprint density at radius 2 is 0.897 bits per heavy atom. The Morgan fingerprint density at radius 3 is 1.56 bits per heavy atom. The van der Waals surface area contributed by atoms with E-state index in [2.05, 4.69) is 169 Å². The Balaban J connectivity index is 1.59. The molecule has 0 radical (unpaired) electrons. The molecule has 7 aromatic carbocycles. The highest BCUT2D eigenvalue weighted by Crippen LogP contribution is 2.47. The van der Waals surface area contributed by atoms with Gasteiger partial charge in [-0.2, -0.15) is 0 Å². The predicted octanol–water partition coefficient (Wildman–Crippen LogP) is 10.8. The first-order valence-corrected chi connectivity index (χ1v) is 13.4. The Labute approximate surface area is 229 Å². The summed E-state index contributed by atoms with van der Waals surface area (Å²) in [4.78, 5) is 2.37. The highest BCUT2D eigenvalue weighted by molar-refractivity contribution is 6.15. The average Bonchev–Trinajstić information content (AvgIpc) is 3.02. The van der Waals surface area contributed by atoms with Crippen LogP contribution >= 0.6 is 0 Å². The smallest absolute Gasteiger partial charge is 0.0546 e. The van der Waals surface area contributed by atoms with Gasteiger partial charge in [0, 0.05) is 16.9 Å². The lowest BCUT2D eigenvalue weighted by Crippen LogP contribution is -2.11. The summed E-state index contributed by atoms with van der Waals surface area (Å²) in [5.41, 5.74) is 8.27. The molecule has 0 amide bonds. The van der Waals surface area contributed by atoms with Crippen LogP contribution in [0.25, 0.3) is 43.8 Å². The molecule has 184 valence electrons. The maximum atomic E-state index is 2.37. The lowest BCUT2D eigenvalue weighted by Gasteiger charge is -2.29. The van der Waals surface area contributed by atoms with Crippen molar-refractivity contribution in [2.45, 2.75) is 0 Å². The summed E-state index contributed by atoms with van der Waals surface area (Å²) in [5, 5.41) is 5.07. The standard InChI is InChI=1S/C38H27N/c1-4-15-28(16-5-1)38-35(36-27-29-17-10-11-22-32(29)33-23-12-13-24-34(33)36)25-14-26-37(38)39(30-18-6-2-7-19-30)31-20-8-3-9-21-31/h1-27H. The van der Waals surface area contributed by atoms with E-state index in [1.165, 1.54) is 43.8 Å². The maximum Gasteiger partial charge on any atom is 0.0546 e. The summed E-state index contributed by atoms with van der Waals surface area (Å²) >= 11 is 0. The molecule has 0 aliphatic heterocycles. The molecule has 0 aromatic heterocycles. The summed E-state index contributed by atoms with van der Waals surface area (Å²) in [6.07, 6.45) is 0. The van der Waals surface area contributed by atoms with Crippen LogP contribution in [0.5, 0.6) is 0 Å². The molecule has 0 unspecified atom stereocenters. The number of benzene rings is 7. The first-order chi connectivity index (χ1) is 19.4. The van der Waals surface area contributed by atoms with Gasteiger partial charge in [-0.1, -0.05) is 127 Å². The monoisotopic (exact) mass is 497 g/mol. The molecule has 0 bridgehead atoms. The normalized spacial score (nSPS) is 11.1.